The summed E-state index contributed by atoms with van der Waals surface area (Å²) in [5.41, 5.74) is 3.81. The van der Waals surface area contributed by atoms with Gasteiger partial charge < -0.3 is 15.0 Å². The standard InChI is InChI=1S/C25H34N2O3/c1-17-13-18(2)19(3)22(14-17)30-16-23(28)27(15-21-11-9-8-10-12-21)20(4)24(29)26-25(5,6)7/h8-14,20H,15-16H2,1-7H3,(H,26,29). The number of rotatable bonds is 7. The summed E-state index contributed by atoms with van der Waals surface area (Å²) in [4.78, 5) is 27.5. The fourth-order valence-electron chi connectivity index (χ4n) is 3.21. The molecule has 2 aromatic carbocycles. The van der Waals surface area contributed by atoms with Gasteiger partial charge in [-0.15, -0.1) is 0 Å². The molecule has 0 aliphatic carbocycles. The van der Waals surface area contributed by atoms with E-state index in [0.29, 0.717) is 12.3 Å². The van der Waals surface area contributed by atoms with E-state index in [1.807, 2.05) is 77.9 Å². The van der Waals surface area contributed by atoms with Gasteiger partial charge in [0.25, 0.3) is 5.91 Å². The van der Waals surface area contributed by atoms with Gasteiger partial charge in [0.2, 0.25) is 5.91 Å². The van der Waals surface area contributed by atoms with E-state index < -0.39 is 6.04 Å². The first kappa shape index (κ1) is 23.5. The number of carbonyl (C=O) groups is 2. The molecule has 5 nitrogen and oxygen atoms in total. The van der Waals surface area contributed by atoms with Gasteiger partial charge in [-0.2, -0.15) is 0 Å². The van der Waals surface area contributed by atoms with Gasteiger partial charge in [0.1, 0.15) is 11.8 Å². The van der Waals surface area contributed by atoms with Crippen molar-refractivity contribution in [3.05, 3.63) is 64.7 Å². The van der Waals surface area contributed by atoms with Crippen LogP contribution in [0.2, 0.25) is 0 Å². The Kier molecular flexibility index (Phi) is 7.65. The number of ether oxygens (including phenoxy) is 1. The topological polar surface area (TPSA) is 58.6 Å². The first-order valence-electron chi connectivity index (χ1n) is 10.3. The van der Waals surface area contributed by atoms with Crippen molar-refractivity contribution >= 4 is 11.8 Å². The lowest BCUT2D eigenvalue weighted by Crippen LogP contribution is -2.53. The summed E-state index contributed by atoms with van der Waals surface area (Å²) in [6, 6.07) is 13.1. The van der Waals surface area contributed by atoms with E-state index in [9.17, 15) is 9.59 Å². The summed E-state index contributed by atoms with van der Waals surface area (Å²) >= 11 is 0. The highest BCUT2D eigenvalue weighted by Crippen LogP contribution is 2.23. The Balaban J connectivity index is 2.20. The van der Waals surface area contributed by atoms with Gasteiger partial charge in [-0.3, -0.25) is 9.59 Å². The lowest BCUT2D eigenvalue weighted by molar-refractivity contribution is -0.142. The van der Waals surface area contributed by atoms with E-state index in [1.165, 1.54) is 0 Å². The molecule has 2 rings (SSSR count). The van der Waals surface area contributed by atoms with Crippen molar-refractivity contribution in [3.8, 4) is 5.75 Å². The van der Waals surface area contributed by atoms with Crippen LogP contribution in [0, 0.1) is 20.8 Å². The lowest BCUT2D eigenvalue weighted by atomic mass is 10.1. The normalized spacial score (nSPS) is 12.2. The van der Waals surface area contributed by atoms with Crippen LogP contribution in [0.25, 0.3) is 0 Å². The molecule has 0 fully saturated rings. The number of hydrogen-bond acceptors (Lipinski definition) is 3. The quantitative estimate of drug-likeness (QED) is 0.739. The van der Waals surface area contributed by atoms with Crippen LogP contribution >= 0.6 is 0 Å². The Bertz CT molecular complexity index is 885. The molecule has 0 aliphatic heterocycles. The summed E-state index contributed by atoms with van der Waals surface area (Å²) in [7, 11) is 0. The molecule has 0 radical (unpaired) electrons. The van der Waals surface area contributed by atoms with E-state index in [0.717, 1.165) is 22.3 Å². The van der Waals surface area contributed by atoms with E-state index in [2.05, 4.69) is 11.4 Å². The second-order valence-corrected chi connectivity index (χ2v) is 8.92. The number of amides is 2. The molecule has 1 N–H and O–H groups in total. The number of carbonyl (C=O) groups excluding carboxylic acids is 2. The van der Waals surface area contributed by atoms with Crippen molar-refractivity contribution in [3.63, 3.8) is 0 Å². The largest absolute Gasteiger partial charge is 0.483 e. The molecule has 162 valence electrons. The summed E-state index contributed by atoms with van der Waals surface area (Å²) < 4.78 is 5.89. The lowest BCUT2D eigenvalue weighted by Gasteiger charge is -2.31. The number of benzene rings is 2. The van der Waals surface area contributed by atoms with Crippen LogP contribution in [0.4, 0.5) is 0 Å². The van der Waals surface area contributed by atoms with Crippen LogP contribution < -0.4 is 10.1 Å². The number of aryl methyl sites for hydroxylation is 2. The SMILES string of the molecule is Cc1cc(C)c(C)c(OCC(=O)N(Cc2ccccc2)C(C)C(=O)NC(C)(C)C)c1. The van der Waals surface area contributed by atoms with Crippen LogP contribution in [-0.2, 0) is 16.1 Å². The summed E-state index contributed by atoms with van der Waals surface area (Å²) in [5, 5.41) is 2.96. The fraction of sp³-hybridized carbons (Fsp3) is 0.440. The molecule has 0 aromatic heterocycles. The zero-order chi connectivity index (χ0) is 22.5. The van der Waals surface area contributed by atoms with E-state index in [1.54, 1.807) is 11.8 Å². The Morgan fingerprint density at radius 1 is 1.07 bits per heavy atom. The first-order chi connectivity index (χ1) is 14.0. The monoisotopic (exact) mass is 410 g/mol. The minimum Gasteiger partial charge on any atom is -0.483 e. The van der Waals surface area contributed by atoms with Crippen LogP contribution in [0.15, 0.2) is 42.5 Å². The molecule has 0 saturated carbocycles. The Labute approximate surface area is 180 Å². The van der Waals surface area contributed by atoms with Crippen molar-refractivity contribution in [1.82, 2.24) is 10.2 Å². The zero-order valence-electron chi connectivity index (χ0n) is 19.2. The second kappa shape index (κ2) is 9.79. The third-order valence-electron chi connectivity index (χ3n) is 4.98. The van der Waals surface area contributed by atoms with Gasteiger partial charge >= 0.3 is 0 Å². The van der Waals surface area contributed by atoms with E-state index in [4.69, 9.17) is 4.74 Å². The Morgan fingerprint density at radius 3 is 2.30 bits per heavy atom. The predicted octanol–water partition coefficient (Wildman–Crippen LogP) is 4.32. The van der Waals surface area contributed by atoms with Gasteiger partial charge in [0, 0.05) is 12.1 Å². The maximum atomic E-state index is 13.1. The van der Waals surface area contributed by atoms with Crippen molar-refractivity contribution in [2.75, 3.05) is 6.61 Å². The maximum absolute atomic E-state index is 13.1. The van der Waals surface area contributed by atoms with Crippen LogP contribution in [0.3, 0.4) is 0 Å². The number of nitrogens with zero attached hydrogens (tertiary/aromatic N) is 1. The van der Waals surface area contributed by atoms with Crippen molar-refractivity contribution < 1.29 is 14.3 Å². The average Bonchev–Trinajstić information content (AvgIpc) is 2.66. The first-order valence-corrected chi connectivity index (χ1v) is 10.3. The van der Waals surface area contributed by atoms with Crippen LogP contribution in [-0.4, -0.2) is 34.9 Å². The molecule has 0 saturated heterocycles. The molecule has 30 heavy (non-hydrogen) atoms. The van der Waals surface area contributed by atoms with Crippen molar-refractivity contribution in [1.29, 1.82) is 0 Å². The maximum Gasteiger partial charge on any atom is 0.261 e. The Morgan fingerprint density at radius 2 is 1.70 bits per heavy atom. The second-order valence-electron chi connectivity index (χ2n) is 8.92. The molecule has 1 unspecified atom stereocenters. The molecule has 2 aromatic rings. The van der Waals surface area contributed by atoms with E-state index >= 15 is 0 Å². The molecule has 5 heteroatoms. The van der Waals surface area contributed by atoms with Gasteiger partial charge in [-0.25, -0.2) is 0 Å². The zero-order valence-corrected chi connectivity index (χ0v) is 19.2. The van der Waals surface area contributed by atoms with Gasteiger partial charge in [-0.05, 0) is 76.8 Å². The molecule has 2 amide bonds. The van der Waals surface area contributed by atoms with Gasteiger partial charge in [0.15, 0.2) is 6.61 Å². The third kappa shape index (κ3) is 6.61. The molecule has 0 heterocycles. The minimum absolute atomic E-state index is 0.121. The molecule has 0 bridgehead atoms. The average molecular weight is 411 g/mol. The molecular formula is C25H34N2O3. The third-order valence-corrected chi connectivity index (χ3v) is 4.98. The Hall–Kier alpha value is -2.82. The van der Waals surface area contributed by atoms with Crippen LogP contribution in [0.5, 0.6) is 5.75 Å². The molecular weight excluding hydrogens is 376 g/mol. The highest BCUT2D eigenvalue weighted by Gasteiger charge is 2.28. The van der Waals surface area contributed by atoms with Gasteiger partial charge in [-0.1, -0.05) is 36.4 Å². The molecule has 0 spiro atoms. The smallest absolute Gasteiger partial charge is 0.261 e. The molecule has 1 atom stereocenters. The van der Waals surface area contributed by atoms with Gasteiger partial charge in [0.05, 0.1) is 0 Å². The van der Waals surface area contributed by atoms with Crippen molar-refractivity contribution in [2.45, 2.75) is 66.6 Å². The summed E-state index contributed by atoms with van der Waals surface area (Å²) in [6.45, 7) is 13.8. The van der Waals surface area contributed by atoms with Crippen molar-refractivity contribution in [2.24, 2.45) is 0 Å². The summed E-state index contributed by atoms with van der Waals surface area (Å²) in [5.74, 6) is 0.288. The highest BCUT2D eigenvalue weighted by atomic mass is 16.5. The minimum atomic E-state index is -0.624. The number of nitrogens with one attached hydrogen (secondary N) is 1. The number of hydrogen-bond donors (Lipinski definition) is 1. The van der Waals surface area contributed by atoms with Crippen LogP contribution in [0.1, 0.15) is 49.9 Å². The predicted molar refractivity (Wildman–Crippen MR) is 120 cm³/mol. The molecule has 0 aliphatic rings. The highest BCUT2D eigenvalue weighted by molar-refractivity contribution is 5.88. The fourth-order valence-corrected chi connectivity index (χ4v) is 3.21. The van der Waals surface area contributed by atoms with E-state index in [-0.39, 0.29) is 24.0 Å². The summed E-state index contributed by atoms with van der Waals surface area (Å²) in [6.07, 6.45) is 0.